The third-order valence-corrected chi connectivity index (χ3v) is 23.9. The van der Waals surface area contributed by atoms with E-state index in [1.807, 2.05) is 11.3 Å². The summed E-state index contributed by atoms with van der Waals surface area (Å²) in [5.41, 5.74) is 23.3. The minimum Gasteiger partial charge on any atom is -0.454 e. The Morgan fingerprint density at radius 1 is 0.424 bits per heavy atom. The molecule has 85 heavy (non-hydrogen) atoms. The van der Waals surface area contributed by atoms with Crippen molar-refractivity contribution in [1.82, 2.24) is 0 Å². The third kappa shape index (κ3) is 6.82. The highest BCUT2D eigenvalue weighted by Crippen LogP contribution is 2.64. The lowest BCUT2D eigenvalue weighted by Gasteiger charge is -2.51. The Hall–Kier alpha value is -7.74. The molecule has 9 aromatic carbocycles. The predicted molar refractivity (Wildman–Crippen MR) is 364 cm³/mol. The smallest absolute Gasteiger partial charge is 0.252 e. The lowest BCUT2D eigenvalue weighted by Crippen LogP contribution is -2.61. The van der Waals surface area contributed by atoms with Gasteiger partial charge in [-0.15, -0.1) is 11.3 Å². The van der Waals surface area contributed by atoms with Crippen LogP contribution in [0.2, 0.25) is 0 Å². The highest BCUT2D eigenvalue weighted by Gasteiger charge is 2.60. The average molecular weight is 1130 g/mol. The molecule has 0 spiro atoms. The van der Waals surface area contributed by atoms with E-state index in [-0.39, 0.29) is 39.5 Å². The summed E-state index contributed by atoms with van der Waals surface area (Å²) >= 11 is 1.93. The minimum absolute atomic E-state index is 0.0108. The average Bonchev–Trinajstić information content (AvgIpc) is 1.70. The molecule has 6 heterocycles. The quantitative estimate of drug-likeness (QED) is 0.164. The zero-order valence-electron chi connectivity index (χ0n) is 51.1. The van der Waals surface area contributed by atoms with Crippen LogP contribution in [0.15, 0.2) is 180 Å². The number of nitrogens with zero attached hydrogens (tertiary/aromatic N) is 4. The van der Waals surface area contributed by atoms with Crippen molar-refractivity contribution in [3.05, 3.63) is 198 Å². The van der Waals surface area contributed by atoms with E-state index in [4.69, 9.17) is 4.42 Å². The van der Waals surface area contributed by atoms with Gasteiger partial charge in [0.05, 0.1) is 27.2 Å². The summed E-state index contributed by atoms with van der Waals surface area (Å²) in [5, 5.41) is 4.87. The van der Waals surface area contributed by atoms with Crippen molar-refractivity contribution in [2.45, 2.75) is 153 Å². The molecule has 4 aliphatic heterocycles. The molecule has 2 fully saturated rings. The molecule has 0 bridgehead atoms. The summed E-state index contributed by atoms with van der Waals surface area (Å²) in [6.45, 7) is 24.5. The van der Waals surface area contributed by atoms with E-state index >= 15 is 0 Å². The summed E-state index contributed by atoms with van der Waals surface area (Å²) in [6.07, 6.45) is 9.48. The maximum Gasteiger partial charge on any atom is 0.252 e. The van der Waals surface area contributed by atoms with Crippen molar-refractivity contribution in [1.29, 1.82) is 0 Å². The fourth-order valence-electron chi connectivity index (χ4n) is 17.7. The van der Waals surface area contributed by atoms with Crippen molar-refractivity contribution in [3.8, 4) is 0 Å². The second-order valence-electron chi connectivity index (χ2n) is 29.1. The number of fused-ring (bicyclic) bond motifs is 16. The minimum atomic E-state index is -0.207. The van der Waals surface area contributed by atoms with E-state index in [1.165, 1.54) is 142 Å². The third-order valence-electron chi connectivity index (χ3n) is 22.7. The number of rotatable bonds is 4. The van der Waals surface area contributed by atoms with E-state index in [9.17, 15) is 0 Å². The Morgan fingerprint density at radius 2 is 0.953 bits per heavy atom. The maximum absolute atomic E-state index is 7.17. The van der Waals surface area contributed by atoms with E-state index in [0.717, 1.165) is 46.9 Å². The molecule has 422 valence electrons. The van der Waals surface area contributed by atoms with Gasteiger partial charge in [-0.05, 0) is 156 Å². The van der Waals surface area contributed by atoms with Crippen LogP contribution in [-0.2, 0) is 21.7 Å². The second-order valence-corrected chi connectivity index (χ2v) is 30.1. The summed E-state index contributed by atoms with van der Waals surface area (Å²) in [4.78, 5) is 11.0. The molecule has 4 atom stereocenters. The lowest BCUT2D eigenvalue weighted by molar-refractivity contribution is 0.195. The van der Waals surface area contributed by atoms with Crippen molar-refractivity contribution in [2.75, 3.05) is 19.6 Å². The second kappa shape index (κ2) is 17.5. The highest BCUT2D eigenvalue weighted by molar-refractivity contribution is 7.26. The molecule has 2 saturated carbocycles. The Morgan fingerprint density at radius 3 is 1.69 bits per heavy atom. The number of hydrogen-bond acceptors (Lipinski definition) is 6. The van der Waals surface area contributed by atoms with Crippen LogP contribution in [0.4, 0.5) is 56.9 Å². The summed E-state index contributed by atoms with van der Waals surface area (Å²) in [6, 6.07) is 68.9. The molecule has 4 unspecified atom stereocenters. The van der Waals surface area contributed by atoms with E-state index < -0.39 is 0 Å². The molecular formula is C78H75BN4OS. The monoisotopic (exact) mass is 1130 g/mol. The Balaban J connectivity index is 1.02. The van der Waals surface area contributed by atoms with Gasteiger partial charge in [0.1, 0.15) is 5.58 Å². The van der Waals surface area contributed by atoms with Gasteiger partial charge < -0.3 is 24.0 Å². The first-order valence-electron chi connectivity index (χ1n) is 31.6. The van der Waals surface area contributed by atoms with Crippen LogP contribution in [0.25, 0.3) is 42.1 Å². The topological polar surface area (TPSA) is 26.1 Å². The van der Waals surface area contributed by atoms with Crippen molar-refractivity contribution in [3.63, 3.8) is 0 Å². The first kappa shape index (κ1) is 51.7. The molecule has 2 aliphatic carbocycles. The molecule has 2 aromatic heterocycles. The molecule has 7 heteroatoms. The fourth-order valence-corrected chi connectivity index (χ4v) is 18.9. The van der Waals surface area contributed by atoms with Crippen LogP contribution < -0.4 is 36.0 Å². The Bertz CT molecular complexity index is 4670. The normalized spacial score (nSPS) is 23.1. The standard InChI is InChI=1S/C78H75BN4OS/c1-73(2,3)48-34-38-61-57(43-48)76(8)40-18-20-42-78(76,10)83(61)51-46-66-70-67(47-51)81(63-30-22-26-55-53-24-12-16-32-69(53)85-72(55)63)65-45-50(82-60-28-14-13-27-56(60)75(7)39-17-19-41-77(75,82)9)35-37-59(65)79(70)58-36-33-49(74(4,5)6)44-64(58)80(66)62-29-21-25-54-52-23-11-15-31-68(52)84-71(54)62/h11-16,21-38,43-47H,17-20,39-42H2,1-10H3. The van der Waals surface area contributed by atoms with Gasteiger partial charge in [-0.1, -0.05) is 190 Å². The molecule has 6 aliphatic rings. The predicted octanol–water partition coefficient (Wildman–Crippen LogP) is 20.1. The zero-order valence-corrected chi connectivity index (χ0v) is 51.9. The van der Waals surface area contributed by atoms with Gasteiger partial charge in [0.2, 0.25) is 0 Å². The Kier molecular flexibility index (Phi) is 10.6. The van der Waals surface area contributed by atoms with Crippen LogP contribution in [0.1, 0.15) is 143 Å². The van der Waals surface area contributed by atoms with Gasteiger partial charge in [-0.25, -0.2) is 0 Å². The van der Waals surface area contributed by atoms with Crippen LogP contribution in [0.5, 0.6) is 0 Å². The number of benzene rings is 9. The van der Waals surface area contributed by atoms with Crippen LogP contribution in [0, 0.1) is 0 Å². The van der Waals surface area contributed by atoms with Gasteiger partial charge in [-0.2, -0.15) is 0 Å². The van der Waals surface area contributed by atoms with Crippen LogP contribution in [0.3, 0.4) is 0 Å². The summed E-state index contributed by atoms with van der Waals surface area (Å²) in [5.74, 6) is 0. The number of furan rings is 1. The largest absolute Gasteiger partial charge is 0.454 e. The molecule has 11 aromatic rings. The number of thiophene rings is 1. The van der Waals surface area contributed by atoms with Gasteiger partial charge in [0.15, 0.2) is 5.58 Å². The van der Waals surface area contributed by atoms with Crippen molar-refractivity contribution >= 4 is 133 Å². The number of anilines is 10. The number of para-hydroxylation sites is 3. The first-order valence-corrected chi connectivity index (χ1v) is 32.4. The molecule has 0 saturated heterocycles. The fraction of sp³-hybridized carbons (Fsp3) is 0.308. The van der Waals surface area contributed by atoms with Gasteiger partial charge >= 0.3 is 0 Å². The number of hydrogen-bond donors (Lipinski definition) is 0. The summed E-state index contributed by atoms with van der Waals surface area (Å²) in [7, 11) is 0. The SMILES string of the molecule is CC(C)(C)c1ccc2c(c1)N(c1cccc3c1oc1ccccc13)c1cc(N3c4ccc(C(C)(C)C)cc4C4(C)CCCCC34C)cc3c1B2c1ccc(N2c4ccccc4C4(C)CCCCC24C)cc1N3c1cccc2c1sc1ccccc12. The van der Waals surface area contributed by atoms with Crippen LogP contribution >= 0.6 is 11.3 Å². The molecule has 17 rings (SSSR count). The van der Waals surface area contributed by atoms with Gasteiger partial charge in [0.25, 0.3) is 6.71 Å². The molecular weight excluding hydrogens is 1050 g/mol. The molecule has 5 nitrogen and oxygen atoms in total. The van der Waals surface area contributed by atoms with Gasteiger partial charge in [-0.3, -0.25) is 0 Å². The van der Waals surface area contributed by atoms with E-state index in [0.29, 0.717) is 0 Å². The zero-order chi connectivity index (χ0) is 57.9. The van der Waals surface area contributed by atoms with Crippen molar-refractivity contribution < 1.29 is 4.42 Å². The van der Waals surface area contributed by atoms with Crippen molar-refractivity contribution in [2.24, 2.45) is 0 Å². The Labute approximate surface area is 506 Å². The maximum atomic E-state index is 7.17. The van der Waals surface area contributed by atoms with Gasteiger partial charge in [0, 0.05) is 82.6 Å². The molecule has 0 N–H and O–H groups in total. The molecule has 0 amide bonds. The van der Waals surface area contributed by atoms with E-state index in [2.05, 4.69) is 265 Å². The van der Waals surface area contributed by atoms with E-state index in [1.54, 1.807) is 0 Å². The van der Waals surface area contributed by atoms with Crippen LogP contribution in [-0.4, -0.2) is 17.8 Å². The first-order chi connectivity index (χ1) is 40.9. The lowest BCUT2D eigenvalue weighted by atomic mass is 9.33. The summed E-state index contributed by atoms with van der Waals surface area (Å²) < 4.78 is 9.79. The molecule has 0 radical (unpaired) electrons. The highest BCUT2D eigenvalue weighted by atomic mass is 32.1.